The molecule has 0 aromatic carbocycles. The van der Waals surface area contributed by atoms with Crippen LogP contribution in [0, 0.1) is 5.41 Å². The molecule has 0 aromatic rings. The first-order chi connectivity index (χ1) is 5.52. The summed E-state index contributed by atoms with van der Waals surface area (Å²) in [5, 5.41) is 6.42. The number of hydrogen-bond donors (Lipinski definition) is 2. The van der Waals surface area contributed by atoms with Crippen LogP contribution in [0.3, 0.4) is 0 Å². The molecule has 0 bridgehead atoms. The third kappa shape index (κ3) is 2.29. The lowest BCUT2D eigenvalue weighted by atomic mass is 9.86. The molecule has 1 aliphatic rings. The lowest BCUT2D eigenvalue weighted by Crippen LogP contribution is -2.54. The van der Waals surface area contributed by atoms with Crippen LogP contribution in [0.25, 0.3) is 0 Å². The lowest BCUT2D eigenvalue weighted by molar-refractivity contribution is -0.128. The van der Waals surface area contributed by atoms with Crippen LogP contribution in [0.1, 0.15) is 20.8 Å². The van der Waals surface area contributed by atoms with Crippen molar-refractivity contribution >= 4 is 5.78 Å². The van der Waals surface area contributed by atoms with Crippen LogP contribution in [-0.4, -0.2) is 31.5 Å². The molecular formula is C9H18N2O. The number of hydrogen-bond acceptors (Lipinski definition) is 3. The van der Waals surface area contributed by atoms with E-state index in [-0.39, 0.29) is 11.5 Å². The highest BCUT2D eigenvalue weighted by atomic mass is 16.1. The van der Waals surface area contributed by atoms with Gasteiger partial charge in [-0.3, -0.25) is 4.79 Å². The van der Waals surface area contributed by atoms with Crippen molar-refractivity contribution in [1.82, 2.24) is 10.6 Å². The van der Waals surface area contributed by atoms with Gasteiger partial charge in [0.05, 0.1) is 6.04 Å². The van der Waals surface area contributed by atoms with Crippen molar-refractivity contribution < 1.29 is 4.79 Å². The molecule has 0 radical (unpaired) electrons. The largest absolute Gasteiger partial charge is 0.313 e. The minimum absolute atomic E-state index is 0.0127. The summed E-state index contributed by atoms with van der Waals surface area (Å²) in [7, 11) is 0. The van der Waals surface area contributed by atoms with E-state index in [1.54, 1.807) is 0 Å². The Hall–Kier alpha value is -0.410. The fourth-order valence-electron chi connectivity index (χ4n) is 1.36. The number of ketones is 1. The van der Waals surface area contributed by atoms with Gasteiger partial charge in [0.1, 0.15) is 0 Å². The minimum Gasteiger partial charge on any atom is -0.313 e. The Morgan fingerprint density at radius 2 is 2.00 bits per heavy atom. The number of nitrogens with one attached hydrogen (secondary N) is 2. The van der Waals surface area contributed by atoms with E-state index in [2.05, 4.69) is 10.6 Å². The van der Waals surface area contributed by atoms with Crippen molar-refractivity contribution in [2.75, 3.05) is 19.6 Å². The lowest BCUT2D eigenvalue weighted by Gasteiger charge is -2.28. The number of carbonyl (C=O) groups excluding carboxylic acids is 1. The summed E-state index contributed by atoms with van der Waals surface area (Å²) < 4.78 is 0. The van der Waals surface area contributed by atoms with E-state index in [4.69, 9.17) is 0 Å². The van der Waals surface area contributed by atoms with E-state index in [1.807, 2.05) is 20.8 Å². The molecule has 70 valence electrons. The highest BCUT2D eigenvalue weighted by molar-refractivity contribution is 5.89. The maximum Gasteiger partial charge on any atom is 0.156 e. The SMILES string of the molecule is CC(C)(C)C(=O)[C@@H]1CNCCN1. The summed E-state index contributed by atoms with van der Waals surface area (Å²) in [6, 6.07) is 0.0127. The van der Waals surface area contributed by atoms with Crippen molar-refractivity contribution in [2.24, 2.45) is 5.41 Å². The van der Waals surface area contributed by atoms with Crippen LogP contribution in [0.15, 0.2) is 0 Å². The average Bonchev–Trinajstić information content (AvgIpc) is 2.03. The topological polar surface area (TPSA) is 41.1 Å². The number of rotatable bonds is 1. The van der Waals surface area contributed by atoms with Gasteiger partial charge in [-0.1, -0.05) is 20.8 Å². The van der Waals surface area contributed by atoms with E-state index in [1.165, 1.54) is 0 Å². The molecule has 2 N–H and O–H groups in total. The Labute approximate surface area is 73.9 Å². The van der Waals surface area contributed by atoms with E-state index in [0.29, 0.717) is 5.78 Å². The highest BCUT2D eigenvalue weighted by Crippen LogP contribution is 2.16. The molecule has 0 saturated carbocycles. The molecule has 3 nitrogen and oxygen atoms in total. The van der Waals surface area contributed by atoms with Crippen molar-refractivity contribution in [1.29, 1.82) is 0 Å². The molecular weight excluding hydrogens is 152 g/mol. The zero-order valence-electron chi connectivity index (χ0n) is 8.11. The van der Waals surface area contributed by atoms with Crippen LogP contribution in [0.5, 0.6) is 0 Å². The monoisotopic (exact) mass is 170 g/mol. The number of piperazine rings is 1. The smallest absolute Gasteiger partial charge is 0.156 e. The van der Waals surface area contributed by atoms with Gasteiger partial charge in [0.25, 0.3) is 0 Å². The molecule has 0 aliphatic carbocycles. The van der Waals surface area contributed by atoms with Crippen molar-refractivity contribution in [3.63, 3.8) is 0 Å². The van der Waals surface area contributed by atoms with E-state index >= 15 is 0 Å². The Kier molecular flexibility index (Phi) is 2.85. The van der Waals surface area contributed by atoms with E-state index < -0.39 is 0 Å². The van der Waals surface area contributed by atoms with Crippen molar-refractivity contribution in [3.05, 3.63) is 0 Å². The van der Waals surface area contributed by atoms with Crippen LogP contribution < -0.4 is 10.6 Å². The van der Waals surface area contributed by atoms with Crippen molar-refractivity contribution in [3.8, 4) is 0 Å². The molecule has 1 heterocycles. The summed E-state index contributed by atoms with van der Waals surface area (Å²) in [5.41, 5.74) is -0.226. The first-order valence-electron chi connectivity index (χ1n) is 4.50. The Balaban J connectivity index is 2.51. The molecule has 0 spiro atoms. The molecule has 1 rings (SSSR count). The molecule has 0 amide bonds. The quantitative estimate of drug-likeness (QED) is 0.589. The molecule has 0 aromatic heterocycles. The van der Waals surface area contributed by atoms with Crippen molar-refractivity contribution in [2.45, 2.75) is 26.8 Å². The zero-order valence-corrected chi connectivity index (χ0v) is 8.11. The minimum atomic E-state index is -0.226. The predicted octanol–water partition coefficient (Wildman–Crippen LogP) is 0.163. The number of carbonyl (C=O) groups is 1. The maximum absolute atomic E-state index is 11.7. The molecule has 12 heavy (non-hydrogen) atoms. The Morgan fingerprint density at radius 3 is 2.42 bits per heavy atom. The average molecular weight is 170 g/mol. The molecule has 1 saturated heterocycles. The highest BCUT2D eigenvalue weighted by Gasteiger charge is 2.29. The van der Waals surface area contributed by atoms with Crippen LogP contribution in [0.4, 0.5) is 0 Å². The molecule has 1 aliphatic heterocycles. The van der Waals surface area contributed by atoms with Crippen LogP contribution in [0.2, 0.25) is 0 Å². The van der Waals surface area contributed by atoms with E-state index in [0.717, 1.165) is 19.6 Å². The van der Waals surface area contributed by atoms with Gasteiger partial charge in [-0.05, 0) is 0 Å². The van der Waals surface area contributed by atoms with Gasteiger partial charge >= 0.3 is 0 Å². The van der Waals surface area contributed by atoms with Gasteiger partial charge in [0.2, 0.25) is 0 Å². The molecule has 1 fully saturated rings. The second-order valence-corrected chi connectivity index (χ2v) is 4.33. The summed E-state index contributed by atoms with van der Waals surface area (Å²) in [6.07, 6.45) is 0. The third-order valence-corrected chi connectivity index (χ3v) is 2.10. The van der Waals surface area contributed by atoms with Crippen LogP contribution in [-0.2, 0) is 4.79 Å². The fourth-order valence-corrected chi connectivity index (χ4v) is 1.36. The van der Waals surface area contributed by atoms with Gasteiger partial charge < -0.3 is 10.6 Å². The summed E-state index contributed by atoms with van der Waals surface area (Å²) in [6.45, 7) is 8.53. The zero-order chi connectivity index (χ0) is 9.19. The fraction of sp³-hybridized carbons (Fsp3) is 0.889. The second kappa shape index (κ2) is 3.54. The first kappa shape index (κ1) is 9.68. The normalized spacial score (nSPS) is 25.4. The van der Waals surface area contributed by atoms with Gasteiger partial charge in [0, 0.05) is 25.0 Å². The molecule has 3 heteroatoms. The standard InChI is InChI=1S/C9H18N2O/c1-9(2,3)8(12)7-6-10-4-5-11-7/h7,10-11H,4-6H2,1-3H3/t7-/m0/s1. The van der Waals surface area contributed by atoms with Crippen LogP contribution >= 0.6 is 0 Å². The van der Waals surface area contributed by atoms with Gasteiger partial charge in [-0.15, -0.1) is 0 Å². The Morgan fingerprint density at radius 1 is 1.33 bits per heavy atom. The van der Waals surface area contributed by atoms with Gasteiger partial charge in [-0.2, -0.15) is 0 Å². The first-order valence-corrected chi connectivity index (χ1v) is 4.50. The summed E-state index contributed by atoms with van der Waals surface area (Å²) in [5.74, 6) is 0.301. The predicted molar refractivity (Wildman–Crippen MR) is 49.1 cm³/mol. The maximum atomic E-state index is 11.7. The summed E-state index contributed by atoms with van der Waals surface area (Å²) >= 11 is 0. The van der Waals surface area contributed by atoms with Gasteiger partial charge in [0.15, 0.2) is 5.78 Å². The number of Topliss-reactive ketones (excluding diaryl/α,β-unsaturated/α-hetero) is 1. The Bertz CT molecular complexity index is 166. The van der Waals surface area contributed by atoms with Gasteiger partial charge in [-0.25, -0.2) is 0 Å². The second-order valence-electron chi connectivity index (χ2n) is 4.33. The molecule has 0 unspecified atom stereocenters. The molecule has 1 atom stereocenters. The summed E-state index contributed by atoms with van der Waals surface area (Å²) in [4.78, 5) is 11.7. The third-order valence-electron chi connectivity index (χ3n) is 2.10. The van der Waals surface area contributed by atoms with E-state index in [9.17, 15) is 4.79 Å².